The summed E-state index contributed by atoms with van der Waals surface area (Å²) in [6, 6.07) is 10.8. The molecule has 2 aromatic carbocycles. The number of piperazine rings is 1. The smallest absolute Gasteiger partial charge is 0.265 e. The lowest BCUT2D eigenvalue weighted by Crippen LogP contribution is -2.50. The number of hydrogen-bond acceptors (Lipinski definition) is 4. The summed E-state index contributed by atoms with van der Waals surface area (Å²) in [4.78, 5) is 15.5. The van der Waals surface area contributed by atoms with E-state index in [-0.39, 0.29) is 19.0 Å². The Hall–Kier alpha value is -1.64. The summed E-state index contributed by atoms with van der Waals surface area (Å²) in [6.07, 6.45) is 0. The van der Waals surface area contributed by atoms with Gasteiger partial charge in [0, 0.05) is 41.3 Å². The first-order valence-electron chi connectivity index (χ1n) is 9.42. The van der Waals surface area contributed by atoms with E-state index >= 15 is 0 Å². The number of aryl methyl sites for hydroxylation is 2. The van der Waals surface area contributed by atoms with Gasteiger partial charge in [0.05, 0.1) is 9.92 Å². The van der Waals surface area contributed by atoms with Gasteiger partial charge in [-0.25, -0.2) is 8.42 Å². The van der Waals surface area contributed by atoms with E-state index in [1.165, 1.54) is 15.6 Å². The Labute approximate surface area is 189 Å². The number of carbonyl (C=O) groups excluding carboxylic acids is 1. The highest BCUT2D eigenvalue weighted by atomic mass is 35.5. The second-order valence-electron chi connectivity index (χ2n) is 7.35. The lowest BCUT2D eigenvalue weighted by Gasteiger charge is -2.34. The molecule has 0 unspecified atom stereocenters. The van der Waals surface area contributed by atoms with Crippen LogP contribution in [0.15, 0.2) is 41.3 Å². The average molecular weight is 483 g/mol. The third-order valence-corrected chi connectivity index (χ3v) is 9.19. The molecule has 158 valence electrons. The van der Waals surface area contributed by atoms with Crippen molar-refractivity contribution in [2.45, 2.75) is 18.7 Å². The zero-order valence-electron chi connectivity index (χ0n) is 16.5. The van der Waals surface area contributed by atoms with E-state index < -0.39 is 10.0 Å². The van der Waals surface area contributed by atoms with Gasteiger partial charge >= 0.3 is 0 Å². The maximum absolute atomic E-state index is 13.1. The van der Waals surface area contributed by atoms with E-state index in [1.54, 1.807) is 30.0 Å². The number of thiophene rings is 1. The van der Waals surface area contributed by atoms with Crippen LogP contribution in [0.2, 0.25) is 10.0 Å². The normalized spacial score (nSPS) is 15.7. The molecular formula is C21H20Cl2N2O3S2. The van der Waals surface area contributed by atoms with Gasteiger partial charge in [-0.1, -0.05) is 41.4 Å². The van der Waals surface area contributed by atoms with Crippen molar-refractivity contribution in [3.63, 3.8) is 0 Å². The molecule has 4 rings (SSSR count). The Morgan fingerprint density at radius 1 is 1.00 bits per heavy atom. The molecule has 0 aliphatic carbocycles. The van der Waals surface area contributed by atoms with Crippen LogP contribution in [0, 0.1) is 13.8 Å². The van der Waals surface area contributed by atoms with Crippen molar-refractivity contribution in [2.75, 3.05) is 26.2 Å². The predicted molar refractivity (Wildman–Crippen MR) is 122 cm³/mol. The monoisotopic (exact) mass is 482 g/mol. The predicted octanol–water partition coefficient (Wildman–Crippen LogP) is 4.97. The number of hydrogen-bond donors (Lipinski definition) is 0. The molecule has 1 saturated heterocycles. The molecule has 1 fully saturated rings. The first kappa shape index (κ1) is 21.6. The molecule has 0 N–H and O–H groups in total. The first-order valence-corrected chi connectivity index (χ1v) is 12.4. The minimum atomic E-state index is -3.61. The Bertz CT molecular complexity index is 1250. The highest BCUT2D eigenvalue weighted by Crippen LogP contribution is 2.37. The fourth-order valence-electron chi connectivity index (χ4n) is 3.58. The molecule has 0 spiro atoms. The second-order valence-corrected chi connectivity index (χ2v) is 11.1. The Morgan fingerprint density at radius 3 is 2.40 bits per heavy atom. The third kappa shape index (κ3) is 3.85. The molecule has 9 heteroatoms. The van der Waals surface area contributed by atoms with Crippen molar-refractivity contribution < 1.29 is 13.2 Å². The van der Waals surface area contributed by atoms with E-state index in [1.807, 2.05) is 25.1 Å². The summed E-state index contributed by atoms with van der Waals surface area (Å²) in [5.74, 6) is -0.180. The molecule has 2 heterocycles. The zero-order valence-corrected chi connectivity index (χ0v) is 19.6. The average Bonchev–Trinajstić information content (AvgIpc) is 3.04. The number of fused-ring (bicyclic) bond motifs is 1. The molecule has 3 aromatic rings. The first-order chi connectivity index (χ1) is 14.2. The summed E-state index contributed by atoms with van der Waals surface area (Å²) in [5.41, 5.74) is 1.61. The number of sulfonamides is 1. The van der Waals surface area contributed by atoms with Crippen LogP contribution in [0.4, 0.5) is 0 Å². The third-order valence-electron chi connectivity index (χ3n) is 5.27. The van der Waals surface area contributed by atoms with Crippen LogP contribution in [0.3, 0.4) is 0 Å². The molecule has 0 radical (unpaired) electrons. The molecular weight excluding hydrogens is 463 g/mol. The second kappa shape index (κ2) is 8.13. The van der Waals surface area contributed by atoms with Gasteiger partial charge in [0.2, 0.25) is 10.0 Å². The number of nitrogens with zero attached hydrogens (tertiary/aromatic N) is 2. The number of carbonyl (C=O) groups is 1. The van der Waals surface area contributed by atoms with Crippen molar-refractivity contribution >= 4 is 60.6 Å². The summed E-state index contributed by atoms with van der Waals surface area (Å²) < 4.78 is 28.5. The van der Waals surface area contributed by atoms with E-state index in [9.17, 15) is 13.2 Å². The molecule has 1 aliphatic heterocycles. The maximum Gasteiger partial charge on any atom is 0.265 e. The number of amides is 1. The summed E-state index contributed by atoms with van der Waals surface area (Å²) in [6.45, 7) is 4.78. The van der Waals surface area contributed by atoms with Crippen LogP contribution >= 0.6 is 34.5 Å². The summed E-state index contributed by atoms with van der Waals surface area (Å²) in [7, 11) is -3.61. The van der Waals surface area contributed by atoms with Gasteiger partial charge in [-0.15, -0.1) is 11.3 Å². The van der Waals surface area contributed by atoms with Gasteiger partial charge in [-0.2, -0.15) is 4.31 Å². The van der Waals surface area contributed by atoms with Gasteiger partial charge in [-0.05, 0) is 43.2 Å². The topological polar surface area (TPSA) is 57.7 Å². The van der Waals surface area contributed by atoms with Crippen molar-refractivity contribution in [3.8, 4) is 0 Å². The van der Waals surface area contributed by atoms with Crippen LogP contribution in [0.1, 0.15) is 20.8 Å². The Balaban J connectivity index is 1.53. The highest BCUT2D eigenvalue weighted by Gasteiger charge is 2.32. The van der Waals surface area contributed by atoms with Gasteiger partial charge in [0.1, 0.15) is 4.88 Å². The molecule has 5 nitrogen and oxygen atoms in total. The van der Waals surface area contributed by atoms with Crippen LogP contribution in [0.5, 0.6) is 0 Å². The van der Waals surface area contributed by atoms with Gasteiger partial charge in [0.15, 0.2) is 0 Å². The number of rotatable bonds is 3. The maximum atomic E-state index is 13.1. The van der Waals surface area contributed by atoms with Gasteiger partial charge < -0.3 is 4.90 Å². The van der Waals surface area contributed by atoms with E-state index in [0.29, 0.717) is 32.9 Å². The molecule has 1 aliphatic rings. The quantitative estimate of drug-likeness (QED) is 0.529. The van der Waals surface area contributed by atoms with Crippen LogP contribution in [-0.2, 0) is 10.0 Å². The Kier molecular flexibility index (Phi) is 5.85. The minimum absolute atomic E-state index is 0.180. The lowest BCUT2D eigenvalue weighted by atomic mass is 10.2. The lowest BCUT2D eigenvalue weighted by molar-refractivity contribution is 0.0703. The number of halogens is 2. The van der Waals surface area contributed by atoms with E-state index in [2.05, 4.69) is 0 Å². The zero-order chi connectivity index (χ0) is 21.6. The van der Waals surface area contributed by atoms with Gasteiger partial charge in [0.25, 0.3) is 5.91 Å². The van der Waals surface area contributed by atoms with Crippen LogP contribution in [-0.4, -0.2) is 49.7 Å². The largest absolute Gasteiger partial charge is 0.335 e. The van der Waals surface area contributed by atoms with Gasteiger partial charge in [-0.3, -0.25) is 4.79 Å². The summed E-state index contributed by atoms with van der Waals surface area (Å²) in [5, 5.41) is 1.80. The van der Waals surface area contributed by atoms with Crippen LogP contribution < -0.4 is 0 Å². The SMILES string of the molecule is Cc1ccc(C)c(S(=O)(=O)N2CCN(C(=O)c3sc4cc(Cl)ccc4c3Cl)CC2)c1. The highest BCUT2D eigenvalue weighted by molar-refractivity contribution is 7.89. The fraction of sp³-hybridized carbons (Fsp3) is 0.286. The van der Waals surface area contributed by atoms with Crippen LogP contribution in [0.25, 0.3) is 10.1 Å². The Morgan fingerprint density at radius 2 is 1.70 bits per heavy atom. The fourth-order valence-corrected chi connectivity index (χ4v) is 7.06. The molecule has 1 aromatic heterocycles. The van der Waals surface area contributed by atoms with E-state index in [0.717, 1.165) is 21.2 Å². The molecule has 30 heavy (non-hydrogen) atoms. The molecule has 0 bridgehead atoms. The van der Waals surface area contributed by atoms with Crippen molar-refractivity contribution in [1.29, 1.82) is 0 Å². The van der Waals surface area contributed by atoms with E-state index in [4.69, 9.17) is 23.2 Å². The van der Waals surface area contributed by atoms with Crippen molar-refractivity contribution in [2.24, 2.45) is 0 Å². The molecule has 1 amide bonds. The standard InChI is InChI=1S/C21H20Cl2N2O3S2/c1-13-3-4-14(2)18(11-13)30(27,28)25-9-7-24(8-10-25)21(26)20-19(23)16-6-5-15(22)12-17(16)29-20/h3-6,11-12H,7-10H2,1-2H3. The summed E-state index contributed by atoms with van der Waals surface area (Å²) >= 11 is 13.8. The minimum Gasteiger partial charge on any atom is -0.335 e. The van der Waals surface area contributed by atoms with Crippen molar-refractivity contribution in [1.82, 2.24) is 9.21 Å². The molecule has 0 saturated carbocycles. The molecule has 0 atom stereocenters. The number of benzene rings is 2. The van der Waals surface area contributed by atoms with Crippen molar-refractivity contribution in [3.05, 3.63) is 62.4 Å².